The Kier molecular flexibility index (Phi) is 8.29. The van der Waals surface area contributed by atoms with Crippen LogP contribution in [0.2, 0.25) is 0 Å². The summed E-state index contributed by atoms with van der Waals surface area (Å²) in [5.74, 6) is 0.313. The van der Waals surface area contributed by atoms with E-state index in [1.807, 2.05) is 41.9 Å². The molecule has 1 aliphatic rings. The molecule has 7 heteroatoms. The molecule has 1 aromatic carbocycles. The lowest BCUT2D eigenvalue weighted by molar-refractivity contribution is -0.142. The highest BCUT2D eigenvalue weighted by molar-refractivity contribution is 7.07. The summed E-state index contributed by atoms with van der Waals surface area (Å²) >= 11 is 1.48. The van der Waals surface area contributed by atoms with Gasteiger partial charge in [0, 0.05) is 54.9 Å². The highest BCUT2D eigenvalue weighted by Crippen LogP contribution is 2.36. The van der Waals surface area contributed by atoms with Crippen molar-refractivity contribution in [1.82, 2.24) is 10.3 Å². The normalized spacial score (nSPS) is 14.9. The molecule has 6 nitrogen and oxygen atoms in total. The first-order valence-electron chi connectivity index (χ1n) is 12.3. The van der Waals surface area contributed by atoms with E-state index >= 15 is 0 Å². The molecule has 35 heavy (non-hydrogen) atoms. The second kappa shape index (κ2) is 11.6. The van der Waals surface area contributed by atoms with Crippen molar-refractivity contribution in [3.63, 3.8) is 0 Å². The molecule has 4 rings (SSSR count). The molecule has 0 saturated carbocycles. The Hall–Kier alpha value is -3.06. The number of nitrogens with zero attached hydrogens (tertiary/aromatic N) is 2. The number of benzene rings is 1. The van der Waals surface area contributed by atoms with Gasteiger partial charge in [0.15, 0.2) is 0 Å². The molecule has 1 atom stereocenters. The zero-order chi connectivity index (χ0) is 24.7. The SMILES string of the molecule is CC(C)CCCCC(=O)C(CC1=CCC=N1)(Cc1cscn1)C(=O)NCc1ccc2occc2c1. The van der Waals surface area contributed by atoms with E-state index in [0.29, 0.717) is 18.9 Å². The van der Waals surface area contributed by atoms with E-state index in [2.05, 4.69) is 29.1 Å². The van der Waals surface area contributed by atoms with Crippen LogP contribution in [0.4, 0.5) is 0 Å². The van der Waals surface area contributed by atoms with Gasteiger partial charge in [-0.1, -0.05) is 38.8 Å². The van der Waals surface area contributed by atoms with Gasteiger partial charge in [0.1, 0.15) is 16.8 Å². The number of amides is 1. The van der Waals surface area contributed by atoms with Crippen molar-refractivity contribution in [3.05, 3.63) is 64.4 Å². The molecule has 0 radical (unpaired) electrons. The molecule has 2 aromatic heterocycles. The highest BCUT2D eigenvalue weighted by atomic mass is 32.1. The quantitative estimate of drug-likeness (QED) is 0.226. The maximum Gasteiger partial charge on any atom is 0.234 e. The zero-order valence-electron chi connectivity index (χ0n) is 20.5. The van der Waals surface area contributed by atoms with E-state index in [1.165, 1.54) is 11.3 Å². The van der Waals surface area contributed by atoms with E-state index in [9.17, 15) is 9.59 Å². The van der Waals surface area contributed by atoms with Crippen molar-refractivity contribution in [2.75, 3.05) is 0 Å². The summed E-state index contributed by atoms with van der Waals surface area (Å²) in [5.41, 5.74) is 3.84. The fourth-order valence-corrected chi connectivity index (χ4v) is 5.13. The number of allylic oxidation sites excluding steroid dienone is 2. The van der Waals surface area contributed by atoms with Crippen LogP contribution in [0.15, 0.2) is 62.6 Å². The molecule has 184 valence electrons. The fourth-order valence-electron chi connectivity index (χ4n) is 4.57. The number of carbonyl (C=O) groups is 2. The number of fused-ring (bicyclic) bond motifs is 1. The predicted octanol–water partition coefficient (Wildman–Crippen LogP) is 6.27. The van der Waals surface area contributed by atoms with Crippen LogP contribution in [0, 0.1) is 11.3 Å². The first-order valence-corrected chi connectivity index (χ1v) is 13.3. The molecule has 0 aliphatic carbocycles. The topological polar surface area (TPSA) is 84.6 Å². The monoisotopic (exact) mass is 491 g/mol. The number of Topliss-reactive ketones (excluding diaryl/α,β-unsaturated/α-hetero) is 1. The number of aliphatic imine (C=N–C) groups is 1. The average Bonchev–Trinajstić information content (AvgIpc) is 3.62. The lowest BCUT2D eigenvalue weighted by Crippen LogP contribution is -2.48. The lowest BCUT2D eigenvalue weighted by atomic mass is 9.72. The van der Waals surface area contributed by atoms with Crippen molar-refractivity contribution < 1.29 is 14.0 Å². The van der Waals surface area contributed by atoms with Crippen LogP contribution in [-0.4, -0.2) is 22.9 Å². The van der Waals surface area contributed by atoms with Gasteiger partial charge in [0.05, 0.1) is 17.5 Å². The van der Waals surface area contributed by atoms with Crippen molar-refractivity contribution >= 4 is 40.2 Å². The number of unbranched alkanes of at least 4 members (excludes halogenated alkanes) is 1. The van der Waals surface area contributed by atoms with Crippen molar-refractivity contribution in [3.8, 4) is 0 Å². The van der Waals surface area contributed by atoms with Gasteiger partial charge < -0.3 is 9.73 Å². The van der Waals surface area contributed by atoms with Crippen molar-refractivity contribution in [1.29, 1.82) is 0 Å². The summed E-state index contributed by atoms with van der Waals surface area (Å²) in [6.07, 6.45) is 9.99. The number of nitrogens with one attached hydrogen (secondary N) is 1. The number of carbonyl (C=O) groups excluding carboxylic acids is 2. The smallest absolute Gasteiger partial charge is 0.234 e. The Balaban J connectivity index is 1.57. The number of rotatable bonds is 13. The van der Waals surface area contributed by atoms with E-state index < -0.39 is 5.41 Å². The number of thiazole rings is 1. The molecular formula is C28H33N3O3S. The average molecular weight is 492 g/mol. The van der Waals surface area contributed by atoms with Crippen LogP contribution in [0.1, 0.15) is 63.6 Å². The molecule has 1 aliphatic heterocycles. The van der Waals surface area contributed by atoms with Crippen LogP contribution < -0.4 is 5.32 Å². The van der Waals surface area contributed by atoms with Crippen LogP contribution in [-0.2, 0) is 22.6 Å². The summed E-state index contributed by atoms with van der Waals surface area (Å²) in [7, 11) is 0. The van der Waals surface area contributed by atoms with Crippen molar-refractivity contribution in [2.45, 2.75) is 65.3 Å². The predicted molar refractivity (Wildman–Crippen MR) is 140 cm³/mol. The van der Waals surface area contributed by atoms with Gasteiger partial charge in [-0.25, -0.2) is 4.98 Å². The fraction of sp³-hybridized carbons (Fsp3) is 0.429. The van der Waals surface area contributed by atoms with Crippen LogP contribution in [0.3, 0.4) is 0 Å². The lowest BCUT2D eigenvalue weighted by Gasteiger charge is -2.31. The Morgan fingerprint density at radius 3 is 2.83 bits per heavy atom. The molecule has 1 amide bonds. The van der Waals surface area contributed by atoms with Crippen LogP contribution in [0.25, 0.3) is 11.0 Å². The van der Waals surface area contributed by atoms with Gasteiger partial charge in [-0.05, 0) is 36.1 Å². The summed E-state index contributed by atoms with van der Waals surface area (Å²) in [5, 5.41) is 5.99. The van der Waals surface area contributed by atoms with Gasteiger partial charge in [-0.15, -0.1) is 11.3 Å². The second-order valence-corrected chi connectivity index (χ2v) is 10.4. The zero-order valence-corrected chi connectivity index (χ0v) is 21.3. The summed E-state index contributed by atoms with van der Waals surface area (Å²) in [4.78, 5) is 36.6. The number of aromatic nitrogens is 1. The molecule has 0 saturated heterocycles. The van der Waals surface area contributed by atoms with Crippen molar-refractivity contribution in [2.24, 2.45) is 16.3 Å². The number of ketones is 1. The standard InChI is InChI=1S/C28H33N3O3S/c1-20(2)6-3-4-8-26(32)28(15-23-7-5-12-29-23,16-24-18-35-19-31-24)27(33)30-17-21-9-10-25-22(14-21)11-13-34-25/h7,9-14,18-20H,3-6,8,15-17H2,1-2H3,(H,30,33). The molecular weight excluding hydrogens is 458 g/mol. The molecule has 0 bridgehead atoms. The van der Waals surface area contributed by atoms with E-state index in [0.717, 1.165) is 53.6 Å². The van der Waals surface area contributed by atoms with Gasteiger partial charge in [-0.2, -0.15) is 0 Å². The van der Waals surface area contributed by atoms with E-state index in [1.54, 1.807) is 11.8 Å². The molecule has 0 spiro atoms. The summed E-state index contributed by atoms with van der Waals surface area (Å²) in [6, 6.07) is 7.74. The first-order chi connectivity index (χ1) is 17.0. The summed E-state index contributed by atoms with van der Waals surface area (Å²) < 4.78 is 5.42. The van der Waals surface area contributed by atoms with Gasteiger partial charge in [0.25, 0.3) is 0 Å². The highest BCUT2D eigenvalue weighted by Gasteiger charge is 2.46. The minimum atomic E-state index is -1.24. The molecule has 1 N–H and O–H groups in total. The first kappa shape index (κ1) is 25.0. The molecule has 1 unspecified atom stereocenters. The maximum atomic E-state index is 13.9. The van der Waals surface area contributed by atoms with E-state index in [4.69, 9.17) is 4.42 Å². The summed E-state index contributed by atoms with van der Waals surface area (Å²) in [6.45, 7) is 4.71. The third-order valence-electron chi connectivity index (χ3n) is 6.54. The maximum absolute atomic E-state index is 13.9. The molecule has 3 heterocycles. The van der Waals surface area contributed by atoms with Crippen LogP contribution in [0.5, 0.6) is 0 Å². The van der Waals surface area contributed by atoms with E-state index in [-0.39, 0.29) is 24.5 Å². The molecule has 3 aromatic rings. The third kappa shape index (κ3) is 6.34. The van der Waals surface area contributed by atoms with Gasteiger partial charge in [0.2, 0.25) is 5.91 Å². The third-order valence-corrected chi connectivity index (χ3v) is 7.17. The van der Waals surface area contributed by atoms with Gasteiger partial charge in [-0.3, -0.25) is 14.6 Å². The number of hydrogen-bond donors (Lipinski definition) is 1. The largest absolute Gasteiger partial charge is 0.464 e. The Morgan fingerprint density at radius 1 is 1.20 bits per heavy atom. The Labute approximate surface area is 210 Å². The second-order valence-electron chi connectivity index (χ2n) is 9.70. The minimum absolute atomic E-state index is 0.0277. The number of hydrogen-bond acceptors (Lipinski definition) is 6. The Bertz CT molecular complexity index is 1210. The Morgan fingerprint density at radius 2 is 2.09 bits per heavy atom. The number of furan rings is 1. The van der Waals surface area contributed by atoms with Gasteiger partial charge >= 0.3 is 0 Å². The van der Waals surface area contributed by atoms with Crippen LogP contribution >= 0.6 is 11.3 Å². The molecule has 0 fully saturated rings. The minimum Gasteiger partial charge on any atom is -0.464 e.